The van der Waals surface area contributed by atoms with Crippen molar-refractivity contribution in [3.05, 3.63) is 35.4 Å². The van der Waals surface area contributed by atoms with E-state index < -0.39 is 16.4 Å². The van der Waals surface area contributed by atoms with Crippen molar-refractivity contribution < 1.29 is 9.16 Å². The molecule has 1 aromatic carbocycles. The van der Waals surface area contributed by atoms with Crippen LogP contribution in [0.25, 0.3) is 0 Å². The monoisotopic (exact) mass is 392 g/mol. The van der Waals surface area contributed by atoms with Crippen LogP contribution in [0, 0.1) is 0 Å². The van der Waals surface area contributed by atoms with Gasteiger partial charge in [0.05, 0.1) is 19.9 Å². The van der Waals surface area contributed by atoms with E-state index in [2.05, 4.69) is 77.8 Å². The summed E-state index contributed by atoms with van der Waals surface area (Å²) in [6.07, 6.45) is 4.77. The maximum Gasteiger partial charge on any atom is 0.191 e. The third kappa shape index (κ3) is 4.52. The number of benzene rings is 1. The molecule has 0 radical (unpaired) electrons. The van der Waals surface area contributed by atoms with Gasteiger partial charge in [0.15, 0.2) is 8.32 Å². The minimum atomic E-state index is -1.60. The van der Waals surface area contributed by atoms with Crippen LogP contribution < -0.4 is 0 Å². The van der Waals surface area contributed by atoms with E-state index in [-0.39, 0.29) is 5.22 Å². The van der Waals surface area contributed by atoms with Gasteiger partial charge in [0, 0.05) is 6.61 Å². The second kappa shape index (κ2) is 7.90. The third-order valence-electron chi connectivity index (χ3n) is 6.58. The van der Waals surface area contributed by atoms with Gasteiger partial charge in [0.25, 0.3) is 0 Å². The van der Waals surface area contributed by atoms with E-state index in [9.17, 15) is 0 Å². The van der Waals surface area contributed by atoms with Crippen LogP contribution in [0.3, 0.4) is 0 Å². The first-order valence-electron chi connectivity index (χ1n) is 10.3. The molecule has 0 fully saturated rings. The highest BCUT2D eigenvalue weighted by molar-refractivity contribution is 6.78. The van der Waals surface area contributed by atoms with E-state index in [4.69, 9.17) is 9.16 Å². The van der Waals surface area contributed by atoms with Gasteiger partial charge in [-0.15, -0.1) is 0 Å². The number of hydrogen-bond donors (Lipinski definition) is 0. The van der Waals surface area contributed by atoms with Crippen molar-refractivity contribution in [2.75, 3.05) is 6.61 Å². The fourth-order valence-corrected chi connectivity index (χ4v) is 7.29. The minimum absolute atomic E-state index is 0.0100. The Balaban J connectivity index is 1.90. The lowest BCUT2D eigenvalue weighted by Crippen LogP contribution is -2.49. The van der Waals surface area contributed by atoms with Gasteiger partial charge in [-0.05, 0) is 42.1 Å². The standard InChI is InChI=1S/C22H40O2Si2/c1-21(2,3)26(7,8)24-17-13-9-12-16-22(25(4,5)6)20-15-11-10-14-19(20)18-23-22/h10-11,14-15H,9,12-13,16-18H2,1-8H3/t22-/m0/s1. The SMILES string of the molecule is CC(C)(C)[Si](C)(C)OCCCCC[C@@]1([Si](C)(C)C)OCc2ccccc21. The molecule has 2 nitrogen and oxygen atoms in total. The van der Waals surface area contributed by atoms with Gasteiger partial charge < -0.3 is 9.16 Å². The average molecular weight is 393 g/mol. The molecule has 0 saturated carbocycles. The molecule has 0 spiro atoms. The predicted molar refractivity (Wildman–Crippen MR) is 118 cm³/mol. The minimum Gasteiger partial charge on any atom is -0.417 e. The molecule has 148 valence electrons. The Bertz CT molecular complexity index is 599. The summed E-state index contributed by atoms with van der Waals surface area (Å²) in [5.74, 6) is 0. The maximum atomic E-state index is 6.52. The molecule has 0 bridgehead atoms. The van der Waals surface area contributed by atoms with Crippen molar-refractivity contribution in [2.24, 2.45) is 0 Å². The van der Waals surface area contributed by atoms with Crippen molar-refractivity contribution in [1.29, 1.82) is 0 Å². The van der Waals surface area contributed by atoms with Crippen molar-refractivity contribution >= 4 is 16.4 Å². The molecule has 0 amide bonds. The first kappa shape index (κ1) is 21.9. The van der Waals surface area contributed by atoms with E-state index >= 15 is 0 Å². The van der Waals surface area contributed by atoms with Crippen LogP contribution in [0.4, 0.5) is 0 Å². The summed E-state index contributed by atoms with van der Waals surface area (Å²) in [6.45, 7) is 20.7. The molecule has 26 heavy (non-hydrogen) atoms. The van der Waals surface area contributed by atoms with Gasteiger partial charge in [-0.25, -0.2) is 0 Å². The average Bonchev–Trinajstić information content (AvgIpc) is 2.89. The molecule has 0 N–H and O–H groups in total. The summed E-state index contributed by atoms with van der Waals surface area (Å²) >= 11 is 0. The quantitative estimate of drug-likeness (QED) is 0.355. The summed E-state index contributed by atoms with van der Waals surface area (Å²) in [6, 6.07) is 8.86. The smallest absolute Gasteiger partial charge is 0.191 e. The van der Waals surface area contributed by atoms with Gasteiger partial charge in [0.1, 0.15) is 0 Å². The van der Waals surface area contributed by atoms with Crippen LogP contribution in [-0.2, 0) is 21.0 Å². The van der Waals surface area contributed by atoms with E-state index in [0.29, 0.717) is 5.04 Å². The highest BCUT2D eigenvalue weighted by Gasteiger charge is 2.49. The maximum absolute atomic E-state index is 6.52. The normalized spacial score (nSPS) is 21.1. The molecule has 4 heteroatoms. The second-order valence-electron chi connectivity index (χ2n) is 10.4. The summed E-state index contributed by atoms with van der Waals surface area (Å²) in [5.41, 5.74) is 2.87. The van der Waals surface area contributed by atoms with Gasteiger partial charge in [-0.3, -0.25) is 0 Å². The third-order valence-corrected chi connectivity index (χ3v) is 14.2. The lowest BCUT2D eigenvalue weighted by atomic mass is 10.00. The van der Waals surface area contributed by atoms with Crippen LogP contribution in [0.15, 0.2) is 24.3 Å². The zero-order valence-electron chi connectivity index (χ0n) is 18.4. The lowest BCUT2D eigenvalue weighted by molar-refractivity contribution is 0.0114. The number of rotatable bonds is 8. The van der Waals surface area contributed by atoms with E-state index in [1.165, 1.54) is 24.0 Å². The van der Waals surface area contributed by atoms with Gasteiger partial charge in [0.2, 0.25) is 0 Å². The first-order chi connectivity index (χ1) is 11.9. The van der Waals surface area contributed by atoms with Crippen molar-refractivity contribution in [2.45, 2.75) is 96.1 Å². The van der Waals surface area contributed by atoms with Crippen LogP contribution in [0.2, 0.25) is 37.8 Å². The molecule has 1 aromatic rings. The van der Waals surface area contributed by atoms with Crippen LogP contribution in [-0.4, -0.2) is 23.0 Å². The number of fused-ring (bicyclic) bond motifs is 1. The molecule has 1 heterocycles. The zero-order valence-corrected chi connectivity index (χ0v) is 20.4. The molecule has 0 aromatic heterocycles. The Hall–Kier alpha value is -0.426. The summed E-state index contributed by atoms with van der Waals surface area (Å²) < 4.78 is 12.8. The highest BCUT2D eigenvalue weighted by Crippen LogP contribution is 2.46. The largest absolute Gasteiger partial charge is 0.417 e. The Labute approximate surface area is 163 Å². The number of ether oxygens (including phenoxy) is 1. The molecule has 1 aliphatic heterocycles. The topological polar surface area (TPSA) is 18.5 Å². The van der Waals surface area contributed by atoms with Gasteiger partial charge in [-0.1, -0.05) is 77.5 Å². The van der Waals surface area contributed by atoms with Crippen molar-refractivity contribution in [3.63, 3.8) is 0 Å². The van der Waals surface area contributed by atoms with Crippen molar-refractivity contribution in [1.82, 2.24) is 0 Å². The Kier molecular flexibility index (Phi) is 6.65. The fraction of sp³-hybridized carbons (Fsp3) is 0.727. The molecule has 1 atom stereocenters. The van der Waals surface area contributed by atoms with E-state index in [0.717, 1.165) is 26.1 Å². The molecule has 2 rings (SSSR count). The number of unbranched alkanes of at least 4 members (excludes halogenated alkanes) is 2. The van der Waals surface area contributed by atoms with E-state index in [1.54, 1.807) is 0 Å². The summed E-state index contributed by atoms with van der Waals surface area (Å²) in [4.78, 5) is 0. The van der Waals surface area contributed by atoms with E-state index in [1.807, 2.05) is 0 Å². The Morgan fingerprint density at radius 2 is 1.65 bits per heavy atom. The van der Waals surface area contributed by atoms with Gasteiger partial charge in [-0.2, -0.15) is 0 Å². The highest BCUT2D eigenvalue weighted by atomic mass is 28.4. The van der Waals surface area contributed by atoms with Crippen molar-refractivity contribution in [3.8, 4) is 0 Å². The molecule has 1 aliphatic rings. The molecule has 0 unspecified atom stereocenters. The van der Waals surface area contributed by atoms with Crippen LogP contribution in [0.1, 0.15) is 57.6 Å². The molecule has 0 aliphatic carbocycles. The predicted octanol–water partition coefficient (Wildman–Crippen LogP) is 6.87. The summed E-state index contributed by atoms with van der Waals surface area (Å²) in [5, 5.41) is 0.292. The lowest BCUT2D eigenvalue weighted by Gasteiger charge is -2.41. The fourth-order valence-electron chi connectivity index (χ4n) is 3.72. The van der Waals surface area contributed by atoms with Crippen LogP contribution in [0.5, 0.6) is 0 Å². The molecular weight excluding hydrogens is 352 g/mol. The second-order valence-corrected chi connectivity index (χ2v) is 20.6. The number of hydrogen-bond acceptors (Lipinski definition) is 2. The van der Waals surface area contributed by atoms with Crippen LogP contribution >= 0.6 is 0 Å². The first-order valence-corrected chi connectivity index (χ1v) is 16.7. The Morgan fingerprint density at radius 3 is 2.27 bits per heavy atom. The van der Waals surface area contributed by atoms with Gasteiger partial charge >= 0.3 is 0 Å². The molecule has 0 saturated heterocycles. The summed E-state index contributed by atoms with van der Waals surface area (Å²) in [7, 11) is -3.10. The molecular formula is C22H40O2Si2. The Morgan fingerprint density at radius 1 is 1.00 bits per heavy atom. The zero-order chi connectivity index (χ0) is 19.6.